The highest BCUT2D eigenvalue weighted by Gasteiger charge is 2.14. The monoisotopic (exact) mass is 250 g/mol. The van der Waals surface area contributed by atoms with Crippen LogP contribution in [0.15, 0.2) is 18.2 Å². The van der Waals surface area contributed by atoms with E-state index in [-0.39, 0.29) is 11.5 Å². The number of aryl methyl sites for hydroxylation is 2. The Balaban J connectivity index is 2.42. The molecule has 0 saturated carbocycles. The van der Waals surface area contributed by atoms with Crippen LogP contribution in [-0.2, 0) is 0 Å². The van der Waals surface area contributed by atoms with Gasteiger partial charge in [0.25, 0.3) is 0 Å². The SMILES string of the molecule is Cc1ccc(C)c(OCC(O)CCC(C)(C)C)c1. The van der Waals surface area contributed by atoms with Crippen LogP contribution < -0.4 is 4.74 Å². The first kappa shape index (κ1) is 15.0. The molecule has 0 spiro atoms. The molecule has 1 aromatic carbocycles. The fraction of sp³-hybridized carbons (Fsp3) is 0.625. The summed E-state index contributed by atoms with van der Waals surface area (Å²) in [6, 6.07) is 6.14. The molecule has 0 aromatic heterocycles. The highest BCUT2D eigenvalue weighted by atomic mass is 16.5. The number of aliphatic hydroxyl groups excluding tert-OH is 1. The van der Waals surface area contributed by atoms with Crippen LogP contribution in [0.4, 0.5) is 0 Å². The summed E-state index contributed by atoms with van der Waals surface area (Å²) in [5, 5.41) is 9.91. The molecule has 1 unspecified atom stereocenters. The minimum absolute atomic E-state index is 0.264. The van der Waals surface area contributed by atoms with E-state index >= 15 is 0 Å². The van der Waals surface area contributed by atoms with Crippen molar-refractivity contribution >= 4 is 0 Å². The number of rotatable bonds is 5. The lowest BCUT2D eigenvalue weighted by atomic mass is 9.89. The molecule has 0 fully saturated rings. The van der Waals surface area contributed by atoms with Crippen LogP contribution in [0.3, 0.4) is 0 Å². The molecule has 1 aromatic rings. The van der Waals surface area contributed by atoms with Crippen molar-refractivity contribution in [1.82, 2.24) is 0 Å². The summed E-state index contributed by atoms with van der Waals surface area (Å²) in [4.78, 5) is 0. The molecule has 0 heterocycles. The van der Waals surface area contributed by atoms with Gasteiger partial charge in [0, 0.05) is 0 Å². The lowest BCUT2D eigenvalue weighted by Gasteiger charge is -2.20. The molecule has 0 saturated heterocycles. The van der Waals surface area contributed by atoms with Gasteiger partial charge in [-0.25, -0.2) is 0 Å². The summed E-state index contributed by atoms with van der Waals surface area (Å²) in [6.45, 7) is 11.0. The van der Waals surface area contributed by atoms with Gasteiger partial charge in [-0.3, -0.25) is 0 Å². The molecule has 0 radical (unpaired) electrons. The molecule has 0 aliphatic carbocycles. The minimum atomic E-state index is -0.385. The third-order valence-electron chi connectivity index (χ3n) is 3.00. The van der Waals surface area contributed by atoms with Crippen molar-refractivity contribution in [2.45, 2.75) is 53.6 Å². The van der Waals surface area contributed by atoms with Gasteiger partial charge in [-0.1, -0.05) is 32.9 Å². The number of benzene rings is 1. The van der Waals surface area contributed by atoms with Gasteiger partial charge in [0.15, 0.2) is 0 Å². The number of aliphatic hydroxyl groups is 1. The Labute approximate surface area is 111 Å². The Bertz CT molecular complexity index is 377. The molecule has 1 atom stereocenters. The van der Waals surface area contributed by atoms with Crippen molar-refractivity contribution in [2.24, 2.45) is 5.41 Å². The molecule has 0 amide bonds. The Kier molecular flexibility index (Phi) is 5.21. The lowest BCUT2D eigenvalue weighted by Crippen LogP contribution is -2.20. The van der Waals surface area contributed by atoms with Gasteiger partial charge >= 0.3 is 0 Å². The summed E-state index contributed by atoms with van der Waals surface area (Å²) in [6.07, 6.45) is 1.41. The molecule has 102 valence electrons. The van der Waals surface area contributed by atoms with Crippen LogP contribution in [0.25, 0.3) is 0 Å². The molecule has 2 heteroatoms. The van der Waals surface area contributed by atoms with E-state index in [2.05, 4.69) is 26.8 Å². The van der Waals surface area contributed by atoms with Crippen LogP contribution in [0.2, 0.25) is 0 Å². The van der Waals surface area contributed by atoms with Crippen LogP contribution in [0.1, 0.15) is 44.7 Å². The molecular weight excluding hydrogens is 224 g/mol. The van der Waals surface area contributed by atoms with E-state index in [0.717, 1.165) is 24.2 Å². The van der Waals surface area contributed by atoms with E-state index in [1.807, 2.05) is 26.0 Å². The zero-order valence-corrected chi connectivity index (χ0v) is 12.3. The predicted molar refractivity (Wildman–Crippen MR) is 76.1 cm³/mol. The predicted octanol–water partition coefficient (Wildman–Crippen LogP) is 3.87. The van der Waals surface area contributed by atoms with Gasteiger partial charge in [-0.2, -0.15) is 0 Å². The molecule has 0 aliphatic rings. The Morgan fingerprint density at radius 3 is 2.50 bits per heavy atom. The highest BCUT2D eigenvalue weighted by Crippen LogP contribution is 2.23. The minimum Gasteiger partial charge on any atom is -0.491 e. The maximum atomic E-state index is 9.91. The number of hydrogen-bond acceptors (Lipinski definition) is 2. The van der Waals surface area contributed by atoms with Gasteiger partial charge in [0.2, 0.25) is 0 Å². The normalized spacial score (nSPS) is 13.4. The first-order valence-electron chi connectivity index (χ1n) is 6.66. The molecule has 2 nitrogen and oxygen atoms in total. The smallest absolute Gasteiger partial charge is 0.122 e. The summed E-state index contributed by atoms with van der Waals surface area (Å²) in [5.74, 6) is 0.879. The van der Waals surface area contributed by atoms with E-state index in [1.165, 1.54) is 5.56 Å². The summed E-state index contributed by atoms with van der Waals surface area (Å²) in [7, 11) is 0. The van der Waals surface area contributed by atoms with E-state index in [0.29, 0.717) is 6.61 Å². The summed E-state index contributed by atoms with van der Waals surface area (Å²) in [5.41, 5.74) is 2.56. The lowest BCUT2D eigenvalue weighted by molar-refractivity contribution is 0.0886. The molecule has 0 aliphatic heterocycles. The van der Waals surface area contributed by atoms with Crippen molar-refractivity contribution < 1.29 is 9.84 Å². The summed E-state index contributed by atoms with van der Waals surface area (Å²) >= 11 is 0. The molecular formula is C16H26O2. The first-order chi connectivity index (χ1) is 8.28. The maximum absolute atomic E-state index is 9.91. The second kappa shape index (κ2) is 6.24. The van der Waals surface area contributed by atoms with Crippen molar-refractivity contribution in [3.05, 3.63) is 29.3 Å². The van der Waals surface area contributed by atoms with E-state index in [9.17, 15) is 5.11 Å². The van der Waals surface area contributed by atoms with Crippen LogP contribution in [-0.4, -0.2) is 17.8 Å². The van der Waals surface area contributed by atoms with Gasteiger partial charge in [-0.05, 0) is 49.3 Å². The Morgan fingerprint density at radius 2 is 1.89 bits per heavy atom. The molecule has 18 heavy (non-hydrogen) atoms. The second-order valence-corrected chi connectivity index (χ2v) is 6.33. The third kappa shape index (κ3) is 5.54. The fourth-order valence-corrected chi connectivity index (χ4v) is 1.73. The third-order valence-corrected chi connectivity index (χ3v) is 3.00. The highest BCUT2D eigenvalue weighted by molar-refractivity contribution is 5.35. The Morgan fingerprint density at radius 1 is 1.22 bits per heavy atom. The van der Waals surface area contributed by atoms with E-state index < -0.39 is 0 Å². The summed E-state index contributed by atoms with van der Waals surface area (Å²) < 4.78 is 5.69. The number of ether oxygens (including phenoxy) is 1. The van der Waals surface area contributed by atoms with E-state index in [4.69, 9.17) is 4.74 Å². The van der Waals surface area contributed by atoms with E-state index in [1.54, 1.807) is 0 Å². The molecule has 1 N–H and O–H groups in total. The van der Waals surface area contributed by atoms with Crippen molar-refractivity contribution in [3.8, 4) is 5.75 Å². The standard InChI is InChI=1S/C16H26O2/c1-12-6-7-13(2)15(10-12)18-11-14(17)8-9-16(3,4)5/h6-7,10,14,17H,8-9,11H2,1-5H3. The van der Waals surface area contributed by atoms with Crippen molar-refractivity contribution in [3.63, 3.8) is 0 Å². The zero-order valence-electron chi connectivity index (χ0n) is 12.3. The van der Waals surface area contributed by atoms with Crippen LogP contribution in [0.5, 0.6) is 5.75 Å². The Hall–Kier alpha value is -1.02. The fourth-order valence-electron chi connectivity index (χ4n) is 1.73. The quantitative estimate of drug-likeness (QED) is 0.859. The van der Waals surface area contributed by atoms with Crippen molar-refractivity contribution in [1.29, 1.82) is 0 Å². The molecule has 1 rings (SSSR count). The topological polar surface area (TPSA) is 29.5 Å². The van der Waals surface area contributed by atoms with Gasteiger partial charge < -0.3 is 9.84 Å². The van der Waals surface area contributed by atoms with Crippen LogP contribution in [0, 0.1) is 19.3 Å². The average molecular weight is 250 g/mol. The maximum Gasteiger partial charge on any atom is 0.122 e. The largest absolute Gasteiger partial charge is 0.491 e. The van der Waals surface area contributed by atoms with Gasteiger partial charge in [0.05, 0.1) is 6.10 Å². The van der Waals surface area contributed by atoms with Crippen molar-refractivity contribution in [2.75, 3.05) is 6.61 Å². The van der Waals surface area contributed by atoms with Crippen LogP contribution >= 0.6 is 0 Å². The average Bonchev–Trinajstić information content (AvgIpc) is 2.26. The second-order valence-electron chi connectivity index (χ2n) is 6.33. The zero-order chi connectivity index (χ0) is 13.8. The van der Waals surface area contributed by atoms with Gasteiger partial charge in [0.1, 0.15) is 12.4 Å². The van der Waals surface area contributed by atoms with Gasteiger partial charge in [-0.15, -0.1) is 0 Å². The molecule has 0 bridgehead atoms. The first-order valence-corrected chi connectivity index (χ1v) is 6.66. The number of hydrogen-bond donors (Lipinski definition) is 1.